The zero-order chi connectivity index (χ0) is 17.6. The van der Waals surface area contributed by atoms with Crippen LogP contribution in [0.4, 0.5) is 0 Å². The van der Waals surface area contributed by atoms with Crippen LogP contribution in [-0.4, -0.2) is 24.3 Å². The van der Waals surface area contributed by atoms with Crippen molar-refractivity contribution in [3.05, 3.63) is 41.0 Å². The fraction of sp³-hybridized carbons (Fsp3) is 0.389. The standard InChI is InChI=1S/C18H22O5/c1-11(2)18(21)23-10-22-17-7-6-15(13(4)14(17)5)9-16(20)8-12(3)19/h6-7H,1,8-10H2,2-5H3. The largest absolute Gasteiger partial charge is 0.457 e. The van der Waals surface area contributed by atoms with Crippen LogP contribution in [0.15, 0.2) is 24.3 Å². The molecule has 5 nitrogen and oxygen atoms in total. The number of rotatable bonds is 8. The van der Waals surface area contributed by atoms with E-state index >= 15 is 0 Å². The zero-order valence-corrected chi connectivity index (χ0v) is 14.0. The second kappa shape index (κ2) is 8.27. The molecule has 0 saturated carbocycles. The average molecular weight is 318 g/mol. The van der Waals surface area contributed by atoms with Crippen molar-refractivity contribution < 1.29 is 23.9 Å². The first-order chi connectivity index (χ1) is 10.7. The highest BCUT2D eigenvalue weighted by Gasteiger charge is 2.12. The summed E-state index contributed by atoms with van der Waals surface area (Å²) in [7, 11) is 0. The van der Waals surface area contributed by atoms with Gasteiger partial charge in [-0.2, -0.15) is 0 Å². The first kappa shape index (κ1) is 18.6. The van der Waals surface area contributed by atoms with E-state index in [4.69, 9.17) is 9.47 Å². The molecule has 0 spiro atoms. The van der Waals surface area contributed by atoms with Gasteiger partial charge in [-0.3, -0.25) is 9.59 Å². The van der Waals surface area contributed by atoms with Gasteiger partial charge >= 0.3 is 5.97 Å². The molecule has 124 valence electrons. The van der Waals surface area contributed by atoms with Gasteiger partial charge in [0.15, 0.2) is 0 Å². The normalized spacial score (nSPS) is 10.1. The number of carbonyl (C=O) groups is 3. The van der Waals surface area contributed by atoms with Gasteiger partial charge in [-0.1, -0.05) is 12.6 Å². The Labute approximate surface area is 136 Å². The van der Waals surface area contributed by atoms with Gasteiger partial charge in [0.25, 0.3) is 0 Å². The van der Waals surface area contributed by atoms with Crippen molar-refractivity contribution in [2.75, 3.05) is 6.79 Å². The maximum atomic E-state index is 11.8. The van der Waals surface area contributed by atoms with Gasteiger partial charge in [0.1, 0.15) is 17.3 Å². The fourth-order valence-electron chi connectivity index (χ4n) is 2.02. The molecule has 0 heterocycles. The van der Waals surface area contributed by atoms with Crippen molar-refractivity contribution in [1.82, 2.24) is 0 Å². The van der Waals surface area contributed by atoms with E-state index in [-0.39, 0.29) is 31.2 Å². The zero-order valence-electron chi connectivity index (χ0n) is 14.0. The van der Waals surface area contributed by atoms with Gasteiger partial charge in [0.2, 0.25) is 6.79 Å². The molecule has 0 amide bonds. The molecule has 0 fully saturated rings. The van der Waals surface area contributed by atoms with Crippen LogP contribution in [0.25, 0.3) is 0 Å². The smallest absolute Gasteiger partial charge is 0.335 e. The third-order valence-electron chi connectivity index (χ3n) is 3.44. The summed E-state index contributed by atoms with van der Waals surface area (Å²) in [6.45, 7) is 10.0. The number of Topliss-reactive ketones (excluding diaryl/α,β-unsaturated/α-hetero) is 2. The van der Waals surface area contributed by atoms with E-state index < -0.39 is 5.97 Å². The molecule has 1 rings (SSSR count). The Morgan fingerprint density at radius 3 is 2.30 bits per heavy atom. The van der Waals surface area contributed by atoms with Gasteiger partial charge in [-0.25, -0.2) is 4.79 Å². The molecular weight excluding hydrogens is 296 g/mol. The molecule has 0 aromatic heterocycles. The van der Waals surface area contributed by atoms with Gasteiger partial charge in [0.05, 0.1) is 6.42 Å². The molecule has 0 aliphatic carbocycles. The van der Waals surface area contributed by atoms with E-state index in [0.717, 1.165) is 16.7 Å². The lowest BCUT2D eigenvalue weighted by Gasteiger charge is -2.14. The quantitative estimate of drug-likeness (QED) is 0.319. The molecule has 5 heteroatoms. The summed E-state index contributed by atoms with van der Waals surface area (Å²) in [6.07, 6.45) is 0.171. The van der Waals surface area contributed by atoms with Gasteiger partial charge < -0.3 is 9.47 Å². The molecule has 0 radical (unpaired) electrons. The van der Waals surface area contributed by atoms with Crippen molar-refractivity contribution in [2.45, 2.75) is 40.5 Å². The second-order valence-corrected chi connectivity index (χ2v) is 5.54. The molecule has 1 aromatic carbocycles. The Morgan fingerprint density at radius 1 is 1.09 bits per heavy atom. The van der Waals surface area contributed by atoms with E-state index in [9.17, 15) is 14.4 Å². The molecule has 1 aromatic rings. The van der Waals surface area contributed by atoms with E-state index in [1.165, 1.54) is 6.92 Å². The van der Waals surface area contributed by atoms with Crippen LogP contribution in [0.1, 0.15) is 37.0 Å². The van der Waals surface area contributed by atoms with Crippen molar-refractivity contribution in [1.29, 1.82) is 0 Å². The molecular formula is C18H22O5. The molecule has 23 heavy (non-hydrogen) atoms. The molecule has 0 N–H and O–H groups in total. The maximum absolute atomic E-state index is 11.8. The van der Waals surface area contributed by atoms with Gasteiger partial charge in [-0.05, 0) is 50.5 Å². The van der Waals surface area contributed by atoms with Crippen molar-refractivity contribution in [3.8, 4) is 5.75 Å². The van der Waals surface area contributed by atoms with Gasteiger partial charge in [0, 0.05) is 12.0 Å². The highest BCUT2D eigenvalue weighted by molar-refractivity contribution is 5.98. The van der Waals surface area contributed by atoms with Crippen molar-refractivity contribution in [2.24, 2.45) is 0 Å². The van der Waals surface area contributed by atoms with E-state index in [0.29, 0.717) is 11.3 Å². The van der Waals surface area contributed by atoms with Crippen molar-refractivity contribution in [3.63, 3.8) is 0 Å². The van der Waals surface area contributed by atoms with Crippen LogP contribution in [0, 0.1) is 13.8 Å². The summed E-state index contributed by atoms with van der Waals surface area (Å²) in [5, 5.41) is 0. The number of benzene rings is 1. The summed E-state index contributed by atoms with van der Waals surface area (Å²) < 4.78 is 10.3. The van der Waals surface area contributed by atoms with Crippen LogP contribution >= 0.6 is 0 Å². The fourth-order valence-corrected chi connectivity index (χ4v) is 2.02. The second-order valence-electron chi connectivity index (χ2n) is 5.54. The predicted octanol–water partition coefficient (Wildman–Crippen LogP) is 2.85. The lowest BCUT2D eigenvalue weighted by atomic mass is 9.97. The Balaban J connectivity index is 2.73. The van der Waals surface area contributed by atoms with Crippen LogP contribution in [0.5, 0.6) is 5.75 Å². The SMILES string of the molecule is C=C(C)C(=O)OCOc1ccc(CC(=O)CC(C)=O)c(C)c1C. The maximum Gasteiger partial charge on any atom is 0.335 e. The number of esters is 1. The van der Waals surface area contributed by atoms with Crippen molar-refractivity contribution >= 4 is 17.5 Å². The Morgan fingerprint density at radius 2 is 1.74 bits per heavy atom. The predicted molar refractivity (Wildman–Crippen MR) is 86.3 cm³/mol. The molecule has 0 unspecified atom stereocenters. The summed E-state index contributed by atoms with van der Waals surface area (Å²) in [5.74, 6) is -0.168. The topological polar surface area (TPSA) is 69.7 Å². The number of hydrogen-bond donors (Lipinski definition) is 0. The minimum atomic E-state index is -0.508. The number of hydrogen-bond acceptors (Lipinski definition) is 5. The highest BCUT2D eigenvalue weighted by atomic mass is 16.7. The molecule has 0 saturated heterocycles. The Hall–Kier alpha value is -2.43. The van der Waals surface area contributed by atoms with E-state index in [1.54, 1.807) is 19.1 Å². The molecule has 0 atom stereocenters. The van der Waals surface area contributed by atoms with Crippen LogP contribution in [0.3, 0.4) is 0 Å². The average Bonchev–Trinajstić information content (AvgIpc) is 2.45. The number of ketones is 2. The van der Waals surface area contributed by atoms with E-state index in [2.05, 4.69) is 6.58 Å². The Kier molecular flexibility index (Phi) is 6.69. The molecule has 0 aliphatic heterocycles. The first-order valence-electron chi connectivity index (χ1n) is 7.28. The summed E-state index contributed by atoms with van der Waals surface area (Å²) in [6, 6.07) is 3.52. The van der Waals surface area contributed by atoms with E-state index in [1.807, 2.05) is 13.8 Å². The third kappa shape index (κ3) is 5.70. The van der Waals surface area contributed by atoms with Crippen LogP contribution < -0.4 is 4.74 Å². The summed E-state index contributed by atoms with van der Waals surface area (Å²) in [5.41, 5.74) is 2.95. The van der Waals surface area contributed by atoms with Gasteiger partial charge in [-0.15, -0.1) is 0 Å². The molecule has 0 aliphatic rings. The monoisotopic (exact) mass is 318 g/mol. The minimum absolute atomic E-state index is 0.0480. The Bertz CT molecular complexity index is 643. The lowest BCUT2D eigenvalue weighted by Crippen LogP contribution is -2.12. The summed E-state index contributed by atoms with van der Waals surface area (Å²) in [4.78, 5) is 34.0. The first-order valence-corrected chi connectivity index (χ1v) is 7.28. The van der Waals surface area contributed by atoms with Crippen LogP contribution in [-0.2, 0) is 25.5 Å². The number of carbonyl (C=O) groups excluding carboxylic acids is 3. The highest BCUT2D eigenvalue weighted by Crippen LogP contribution is 2.25. The van der Waals surface area contributed by atoms with Crippen LogP contribution in [0.2, 0.25) is 0 Å². The molecule has 0 bridgehead atoms. The minimum Gasteiger partial charge on any atom is -0.457 e. The lowest BCUT2D eigenvalue weighted by molar-refractivity contribution is -0.145. The third-order valence-corrected chi connectivity index (χ3v) is 3.44. The summed E-state index contributed by atoms with van der Waals surface area (Å²) >= 11 is 0. The number of ether oxygens (including phenoxy) is 2.